The molecule has 0 saturated heterocycles. The molecule has 0 aliphatic carbocycles. The van der Waals surface area contributed by atoms with Gasteiger partial charge in [-0.25, -0.2) is 0 Å². The minimum Gasteiger partial charge on any atom is -0.396 e. The average molecular weight is 161 g/mol. The highest BCUT2D eigenvalue weighted by atomic mass is 16.3. The van der Waals surface area contributed by atoms with E-state index in [0.717, 1.165) is 0 Å². The fraction of sp³-hybridized carbons (Fsp3) is 0.857. The van der Waals surface area contributed by atoms with Gasteiger partial charge in [0.05, 0.1) is 13.2 Å². The molecule has 0 radical (unpaired) electrons. The molecule has 4 N–H and O–H groups in total. The second kappa shape index (κ2) is 4.31. The predicted octanol–water partition coefficient (Wildman–Crippen LogP) is -0.757. The third kappa shape index (κ3) is 3.95. The third-order valence-electron chi connectivity index (χ3n) is 1.74. The zero-order chi connectivity index (χ0) is 8.91. The van der Waals surface area contributed by atoms with Crippen LogP contribution in [0.4, 0.5) is 0 Å². The average Bonchev–Trinajstić information content (AvgIpc) is 2.00. The number of carbonyl (C=O) groups excluding carboxylic acids is 1. The van der Waals surface area contributed by atoms with Crippen LogP contribution in [0.15, 0.2) is 0 Å². The van der Waals surface area contributed by atoms with Gasteiger partial charge in [0, 0.05) is 11.8 Å². The molecule has 0 rings (SSSR count). The normalized spacial score (nSPS) is 11.5. The molecule has 0 spiro atoms. The van der Waals surface area contributed by atoms with Gasteiger partial charge in [-0.05, 0) is 6.42 Å². The van der Waals surface area contributed by atoms with Crippen molar-refractivity contribution in [3.63, 3.8) is 0 Å². The number of carbonyl (C=O) groups is 1. The van der Waals surface area contributed by atoms with Gasteiger partial charge in [0.25, 0.3) is 0 Å². The fourth-order valence-electron chi connectivity index (χ4n) is 0.633. The largest absolute Gasteiger partial charge is 0.396 e. The molecule has 66 valence electrons. The summed E-state index contributed by atoms with van der Waals surface area (Å²) >= 11 is 0. The molecular weight excluding hydrogens is 146 g/mol. The maximum Gasteiger partial charge on any atom is 0.217 e. The molecule has 0 aromatic heterocycles. The van der Waals surface area contributed by atoms with Crippen LogP contribution in [-0.4, -0.2) is 29.3 Å². The van der Waals surface area contributed by atoms with E-state index >= 15 is 0 Å². The van der Waals surface area contributed by atoms with E-state index in [4.69, 9.17) is 15.9 Å². The Morgan fingerprint density at radius 1 is 1.45 bits per heavy atom. The molecule has 0 bridgehead atoms. The lowest BCUT2D eigenvalue weighted by molar-refractivity contribution is -0.118. The highest BCUT2D eigenvalue weighted by Crippen LogP contribution is 2.20. The van der Waals surface area contributed by atoms with Gasteiger partial charge >= 0.3 is 0 Å². The number of aliphatic hydroxyl groups is 2. The molecule has 4 nitrogen and oxygen atoms in total. The van der Waals surface area contributed by atoms with Gasteiger partial charge in [-0.1, -0.05) is 6.92 Å². The number of hydrogen-bond acceptors (Lipinski definition) is 3. The van der Waals surface area contributed by atoms with E-state index in [1.54, 1.807) is 6.92 Å². The van der Waals surface area contributed by atoms with Crippen molar-refractivity contribution in [1.29, 1.82) is 0 Å². The molecule has 0 aliphatic heterocycles. The summed E-state index contributed by atoms with van der Waals surface area (Å²) in [5, 5.41) is 17.6. The zero-order valence-corrected chi connectivity index (χ0v) is 6.71. The fourth-order valence-corrected chi connectivity index (χ4v) is 0.633. The Morgan fingerprint density at radius 3 is 2.18 bits per heavy atom. The quantitative estimate of drug-likeness (QED) is 0.495. The predicted molar refractivity (Wildman–Crippen MR) is 40.7 cm³/mol. The van der Waals surface area contributed by atoms with Crippen molar-refractivity contribution in [2.24, 2.45) is 11.1 Å². The number of aliphatic hydroxyl groups excluding tert-OH is 2. The van der Waals surface area contributed by atoms with E-state index in [2.05, 4.69) is 0 Å². The van der Waals surface area contributed by atoms with Crippen molar-refractivity contribution in [1.82, 2.24) is 0 Å². The number of nitrogens with two attached hydrogens (primary N) is 1. The van der Waals surface area contributed by atoms with Gasteiger partial charge in [-0.3, -0.25) is 4.79 Å². The first kappa shape index (κ1) is 10.4. The van der Waals surface area contributed by atoms with Crippen molar-refractivity contribution in [2.75, 3.05) is 13.2 Å². The Balaban J connectivity index is 3.78. The first-order chi connectivity index (χ1) is 5.04. The number of amides is 1. The van der Waals surface area contributed by atoms with Gasteiger partial charge in [0.2, 0.25) is 5.91 Å². The summed E-state index contributed by atoms with van der Waals surface area (Å²) < 4.78 is 0. The first-order valence-corrected chi connectivity index (χ1v) is 3.54. The van der Waals surface area contributed by atoms with E-state index in [-0.39, 0.29) is 19.6 Å². The molecule has 0 heterocycles. The summed E-state index contributed by atoms with van der Waals surface area (Å²) in [6, 6.07) is 0. The van der Waals surface area contributed by atoms with Crippen LogP contribution in [-0.2, 0) is 4.79 Å². The molecule has 0 unspecified atom stereocenters. The Morgan fingerprint density at radius 2 is 1.91 bits per heavy atom. The van der Waals surface area contributed by atoms with Crippen LogP contribution < -0.4 is 5.73 Å². The SMILES string of the molecule is CC(CO)(CO)CCC(N)=O. The Hall–Kier alpha value is -0.610. The van der Waals surface area contributed by atoms with Crippen LogP contribution in [0.3, 0.4) is 0 Å². The summed E-state index contributed by atoms with van der Waals surface area (Å²) in [6.45, 7) is 1.45. The minimum absolute atomic E-state index is 0.128. The number of hydrogen-bond donors (Lipinski definition) is 3. The van der Waals surface area contributed by atoms with Crippen molar-refractivity contribution in [2.45, 2.75) is 19.8 Å². The topological polar surface area (TPSA) is 83.6 Å². The molecule has 0 atom stereocenters. The lowest BCUT2D eigenvalue weighted by Crippen LogP contribution is -2.27. The lowest BCUT2D eigenvalue weighted by atomic mass is 9.87. The first-order valence-electron chi connectivity index (χ1n) is 3.54. The van der Waals surface area contributed by atoms with E-state index in [9.17, 15) is 4.79 Å². The van der Waals surface area contributed by atoms with Gasteiger partial charge in [0.15, 0.2) is 0 Å². The molecule has 0 aliphatic rings. The maximum atomic E-state index is 10.3. The third-order valence-corrected chi connectivity index (χ3v) is 1.74. The molecule has 1 amide bonds. The van der Waals surface area contributed by atoms with Crippen LogP contribution in [0, 0.1) is 5.41 Å². The van der Waals surface area contributed by atoms with Crippen molar-refractivity contribution in [3.05, 3.63) is 0 Å². The Kier molecular flexibility index (Phi) is 4.07. The summed E-state index contributed by atoms with van der Waals surface area (Å²) in [4.78, 5) is 10.3. The molecule has 4 heteroatoms. The smallest absolute Gasteiger partial charge is 0.217 e. The van der Waals surface area contributed by atoms with E-state index < -0.39 is 11.3 Å². The molecule has 0 aromatic rings. The van der Waals surface area contributed by atoms with Crippen molar-refractivity contribution >= 4 is 5.91 Å². The molecule has 0 fully saturated rings. The van der Waals surface area contributed by atoms with Crippen molar-refractivity contribution in [3.8, 4) is 0 Å². The van der Waals surface area contributed by atoms with Crippen LogP contribution in [0.5, 0.6) is 0 Å². The Labute approximate surface area is 66.0 Å². The molecule has 0 saturated carbocycles. The summed E-state index contributed by atoms with van der Waals surface area (Å²) in [6.07, 6.45) is 0.632. The van der Waals surface area contributed by atoms with E-state index in [1.807, 2.05) is 0 Å². The van der Waals surface area contributed by atoms with Crippen LogP contribution in [0.1, 0.15) is 19.8 Å². The zero-order valence-electron chi connectivity index (χ0n) is 6.71. The Bertz CT molecular complexity index is 132. The standard InChI is InChI=1S/C7H15NO3/c1-7(4-9,5-10)3-2-6(8)11/h9-10H,2-5H2,1H3,(H2,8,11). The van der Waals surface area contributed by atoms with E-state index in [1.165, 1.54) is 0 Å². The van der Waals surface area contributed by atoms with Crippen LogP contribution in [0.2, 0.25) is 0 Å². The van der Waals surface area contributed by atoms with Gasteiger partial charge < -0.3 is 15.9 Å². The van der Waals surface area contributed by atoms with Crippen LogP contribution >= 0.6 is 0 Å². The second-order valence-corrected chi connectivity index (χ2v) is 3.09. The molecule has 11 heavy (non-hydrogen) atoms. The second-order valence-electron chi connectivity index (χ2n) is 3.09. The van der Waals surface area contributed by atoms with Crippen molar-refractivity contribution < 1.29 is 15.0 Å². The lowest BCUT2D eigenvalue weighted by Gasteiger charge is -2.23. The minimum atomic E-state index is -0.574. The number of rotatable bonds is 5. The van der Waals surface area contributed by atoms with Gasteiger partial charge in [0.1, 0.15) is 0 Å². The van der Waals surface area contributed by atoms with Gasteiger partial charge in [-0.15, -0.1) is 0 Å². The number of primary amides is 1. The monoisotopic (exact) mass is 161 g/mol. The summed E-state index contributed by atoms with van der Waals surface area (Å²) in [5.74, 6) is -0.405. The molecule has 0 aromatic carbocycles. The molecular formula is C7H15NO3. The van der Waals surface area contributed by atoms with Crippen LogP contribution in [0.25, 0.3) is 0 Å². The summed E-state index contributed by atoms with van der Waals surface area (Å²) in [5.41, 5.74) is 4.33. The highest BCUT2D eigenvalue weighted by Gasteiger charge is 2.22. The summed E-state index contributed by atoms with van der Waals surface area (Å²) in [7, 11) is 0. The maximum absolute atomic E-state index is 10.3. The van der Waals surface area contributed by atoms with E-state index in [0.29, 0.717) is 6.42 Å². The van der Waals surface area contributed by atoms with Gasteiger partial charge in [-0.2, -0.15) is 0 Å². The highest BCUT2D eigenvalue weighted by molar-refractivity contribution is 5.73.